The minimum absolute atomic E-state index is 0.0414. The first-order valence-electron chi connectivity index (χ1n) is 12.8. The molecule has 2 N–H and O–H groups in total. The largest absolute Gasteiger partial charge is 0.463 e. The van der Waals surface area contributed by atoms with E-state index >= 15 is 0 Å². The van der Waals surface area contributed by atoms with Crippen LogP contribution in [0, 0.1) is 0 Å². The zero-order chi connectivity index (χ0) is 26.6. The Bertz CT molecular complexity index is 781. The highest BCUT2D eigenvalue weighted by molar-refractivity contribution is 14.2. The summed E-state index contributed by atoms with van der Waals surface area (Å²) in [6, 6.07) is 7.29. The summed E-state index contributed by atoms with van der Waals surface area (Å²) in [6.07, 6.45) is 6.83. The summed E-state index contributed by atoms with van der Waals surface area (Å²) in [5.41, 5.74) is 2.09. The molecule has 1 heterocycles. The Morgan fingerprint density at radius 2 is 1.86 bits per heavy atom. The van der Waals surface area contributed by atoms with Gasteiger partial charge in [-0.1, -0.05) is 59.9 Å². The van der Waals surface area contributed by atoms with E-state index < -0.39 is 12.1 Å². The van der Waals surface area contributed by atoms with E-state index in [0.29, 0.717) is 25.3 Å². The van der Waals surface area contributed by atoms with E-state index in [-0.39, 0.29) is 31.6 Å². The van der Waals surface area contributed by atoms with E-state index in [0.717, 1.165) is 37.7 Å². The number of rotatable bonds is 14. The number of aliphatic hydroxyl groups excluding tert-OH is 1. The van der Waals surface area contributed by atoms with Gasteiger partial charge in [-0.05, 0) is 70.9 Å². The summed E-state index contributed by atoms with van der Waals surface area (Å²) in [7, 11) is 1.56. The van der Waals surface area contributed by atoms with Gasteiger partial charge >= 0.3 is 12.1 Å². The molecule has 1 aromatic carbocycles. The standard InChI is InChI=1S/C22H31IN2O6S.C4H10/c23-32-13-12-30-21(28)19-9-5-10-25(19)20(27)15-24-22(29)31-11-3-1-2-6-17-7-4-8-18(14-17)16-26;1-3-4-2/h4,7-8,14,19,26H,1-3,5-6,9-13,15-16H2,(H,24,29);3-4H2,1-2H3. The van der Waals surface area contributed by atoms with Gasteiger partial charge in [0.1, 0.15) is 19.2 Å². The summed E-state index contributed by atoms with van der Waals surface area (Å²) >= 11 is 2.14. The van der Waals surface area contributed by atoms with Crippen LogP contribution in [0.3, 0.4) is 0 Å². The van der Waals surface area contributed by atoms with Crippen LogP contribution >= 0.6 is 30.1 Å². The minimum Gasteiger partial charge on any atom is -0.463 e. The van der Waals surface area contributed by atoms with Gasteiger partial charge in [-0.2, -0.15) is 0 Å². The predicted molar refractivity (Wildman–Crippen MR) is 152 cm³/mol. The van der Waals surface area contributed by atoms with Crippen molar-refractivity contribution in [3.8, 4) is 0 Å². The Morgan fingerprint density at radius 3 is 2.56 bits per heavy atom. The lowest BCUT2D eigenvalue weighted by Crippen LogP contribution is -2.46. The second-order valence-corrected chi connectivity index (χ2v) is 11.0. The third-order valence-electron chi connectivity index (χ3n) is 5.65. The number of unbranched alkanes of at least 4 members (excludes halogenated alkanes) is 3. The third-order valence-corrected chi connectivity index (χ3v) is 7.29. The summed E-state index contributed by atoms with van der Waals surface area (Å²) in [6.45, 7) is 5.29. The molecule has 0 saturated carbocycles. The molecular weight excluding hydrogens is 595 g/mol. The minimum atomic E-state index is -0.633. The number of halogens is 1. The molecule has 0 aliphatic carbocycles. The highest BCUT2D eigenvalue weighted by Gasteiger charge is 2.35. The molecule has 1 aliphatic rings. The molecule has 0 aromatic heterocycles. The molecule has 1 unspecified atom stereocenters. The van der Waals surface area contributed by atoms with Crippen molar-refractivity contribution in [1.82, 2.24) is 10.2 Å². The average molecular weight is 637 g/mol. The topological polar surface area (TPSA) is 105 Å². The van der Waals surface area contributed by atoms with Crippen LogP contribution in [0.2, 0.25) is 0 Å². The SMILES string of the molecule is CCCC.O=C(NCC(=O)N1CCCC1C(=O)OCCSI)OCCCCCc1cccc(CO)c1. The van der Waals surface area contributed by atoms with Gasteiger partial charge in [-0.3, -0.25) is 4.79 Å². The van der Waals surface area contributed by atoms with Crippen molar-refractivity contribution in [2.45, 2.75) is 77.9 Å². The fraction of sp³-hybridized carbons (Fsp3) is 0.654. The molecule has 2 amide bonds. The Morgan fingerprint density at radius 1 is 1.11 bits per heavy atom. The number of aliphatic hydroxyl groups is 1. The summed E-state index contributed by atoms with van der Waals surface area (Å²) < 4.78 is 10.4. The molecule has 2 rings (SSSR count). The van der Waals surface area contributed by atoms with Crippen LogP contribution in [-0.4, -0.2) is 66.1 Å². The lowest BCUT2D eigenvalue weighted by Gasteiger charge is -2.23. The third kappa shape index (κ3) is 13.7. The molecule has 36 heavy (non-hydrogen) atoms. The van der Waals surface area contributed by atoms with Crippen LogP contribution in [0.4, 0.5) is 4.79 Å². The molecule has 1 saturated heterocycles. The van der Waals surface area contributed by atoms with Gasteiger partial charge < -0.3 is 24.8 Å². The average Bonchev–Trinajstić information content (AvgIpc) is 3.40. The second-order valence-electron chi connectivity index (χ2n) is 8.50. The van der Waals surface area contributed by atoms with E-state index in [1.807, 2.05) is 24.3 Å². The summed E-state index contributed by atoms with van der Waals surface area (Å²) in [5.74, 6) is 0.0128. The van der Waals surface area contributed by atoms with Crippen molar-refractivity contribution in [2.24, 2.45) is 0 Å². The number of aryl methyl sites for hydroxylation is 1. The molecule has 0 spiro atoms. The number of benzene rings is 1. The van der Waals surface area contributed by atoms with Crippen LogP contribution in [0.5, 0.6) is 0 Å². The van der Waals surface area contributed by atoms with Crippen molar-refractivity contribution in [1.29, 1.82) is 0 Å². The molecule has 8 nitrogen and oxygen atoms in total. The number of hydrogen-bond acceptors (Lipinski definition) is 7. The lowest BCUT2D eigenvalue weighted by molar-refractivity contribution is -0.152. The zero-order valence-corrected chi connectivity index (χ0v) is 24.5. The normalized spacial score (nSPS) is 14.6. The van der Waals surface area contributed by atoms with Crippen LogP contribution in [0.25, 0.3) is 0 Å². The van der Waals surface area contributed by atoms with Crippen molar-refractivity contribution in [3.63, 3.8) is 0 Å². The summed E-state index contributed by atoms with van der Waals surface area (Å²) in [4.78, 5) is 37.9. The van der Waals surface area contributed by atoms with Crippen molar-refractivity contribution in [2.75, 3.05) is 32.1 Å². The van der Waals surface area contributed by atoms with Gasteiger partial charge in [0.2, 0.25) is 5.91 Å². The van der Waals surface area contributed by atoms with E-state index in [2.05, 4.69) is 40.4 Å². The van der Waals surface area contributed by atoms with Gasteiger partial charge in [0.05, 0.1) is 13.2 Å². The smallest absolute Gasteiger partial charge is 0.407 e. The lowest BCUT2D eigenvalue weighted by atomic mass is 10.0. The summed E-state index contributed by atoms with van der Waals surface area (Å²) in [5, 5.41) is 11.6. The highest BCUT2D eigenvalue weighted by Crippen LogP contribution is 2.19. The molecule has 0 radical (unpaired) electrons. The van der Waals surface area contributed by atoms with Crippen molar-refractivity contribution in [3.05, 3.63) is 35.4 Å². The quantitative estimate of drug-likeness (QED) is 0.168. The maximum atomic E-state index is 12.4. The molecule has 10 heteroatoms. The Hall–Kier alpha value is -1.53. The van der Waals surface area contributed by atoms with E-state index in [4.69, 9.17) is 9.47 Å². The number of amides is 2. The van der Waals surface area contributed by atoms with Gasteiger partial charge in [0, 0.05) is 12.3 Å². The van der Waals surface area contributed by atoms with Gasteiger partial charge in [0.25, 0.3) is 0 Å². The van der Waals surface area contributed by atoms with Gasteiger partial charge in [0.15, 0.2) is 0 Å². The fourth-order valence-electron chi connectivity index (χ4n) is 3.54. The number of nitrogens with one attached hydrogen (secondary N) is 1. The molecule has 1 aromatic rings. The van der Waals surface area contributed by atoms with Crippen LogP contribution in [0.15, 0.2) is 24.3 Å². The molecule has 1 fully saturated rings. The predicted octanol–water partition coefficient (Wildman–Crippen LogP) is 5.04. The Kier molecular flexibility index (Phi) is 18.5. The molecular formula is C26H41IN2O6S. The van der Waals surface area contributed by atoms with Crippen molar-refractivity contribution < 1.29 is 29.0 Å². The van der Waals surface area contributed by atoms with Gasteiger partial charge in [-0.25, -0.2) is 9.59 Å². The molecule has 0 bridgehead atoms. The number of nitrogens with zero attached hydrogens (tertiary/aromatic N) is 1. The number of esters is 1. The molecule has 1 aliphatic heterocycles. The number of likely N-dealkylation sites (tertiary alicyclic amines) is 1. The first kappa shape index (κ1) is 32.5. The van der Waals surface area contributed by atoms with E-state index in [1.54, 1.807) is 8.93 Å². The Balaban J connectivity index is 0.00000150. The fourth-order valence-corrected chi connectivity index (χ4v) is 4.22. The van der Waals surface area contributed by atoms with Crippen LogP contribution < -0.4 is 5.32 Å². The number of alkyl carbamates (subject to hydrolysis) is 1. The van der Waals surface area contributed by atoms with Crippen LogP contribution in [-0.2, 0) is 32.1 Å². The zero-order valence-electron chi connectivity index (χ0n) is 21.5. The van der Waals surface area contributed by atoms with E-state index in [1.165, 1.54) is 23.3 Å². The molecule has 204 valence electrons. The number of ether oxygens (including phenoxy) is 2. The first-order chi connectivity index (χ1) is 17.5. The highest BCUT2D eigenvalue weighted by atomic mass is 127. The van der Waals surface area contributed by atoms with Crippen molar-refractivity contribution >= 4 is 48.1 Å². The van der Waals surface area contributed by atoms with E-state index in [9.17, 15) is 19.5 Å². The number of carbonyl (C=O) groups is 3. The molecule has 1 atom stereocenters. The monoisotopic (exact) mass is 636 g/mol. The maximum Gasteiger partial charge on any atom is 0.407 e. The first-order valence-corrected chi connectivity index (χ1v) is 16.3. The van der Waals surface area contributed by atoms with Crippen LogP contribution in [0.1, 0.15) is 69.9 Å². The Labute approximate surface area is 231 Å². The number of hydrogen-bond donors (Lipinski definition) is 2. The number of carbonyl (C=O) groups excluding carboxylic acids is 3. The maximum absolute atomic E-state index is 12.4. The second kappa shape index (κ2) is 20.5. The van der Waals surface area contributed by atoms with Gasteiger partial charge in [-0.15, -0.1) is 0 Å².